The molecule has 0 bridgehead atoms. The minimum atomic E-state index is -0.712. The van der Waals surface area contributed by atoms with Crippen molar-refractivity contribution in [2.45, 2.75) is 46.2 Å². The van der Waals surface area contributed by atoms with Crippen LogP contribution in [0.4, 0.5) is 0 Å². The Morgan fingerprint density at radius 3 is 2.36 bits per heavy atom. The number of likely N-dealkylation sites (N-methyl/N-ethyl adjacent to an activating group) is 1. The first-order valence-electron chi connectivity index (χ1n) is 7.49. The van der Waals surface area contributed by atoms with Crippen molar-refractivity contribution in [3.8, 4) is 5.75 Å². The van der Waals surface area contributed by atoms with E-state index in [1.165, 1.54) is 4.90 Å². The quantitative estimate of drug-likeness (QED) is 0.837. The number of nitrogens with zero attached hydrogens (tertiary/aromatic N) is 1. The molecule has 122 valence electrons. The van der Waals surface area contributed by atoms with E-state index in [0.717, 1.165) is 11.1 Å². The van der Waals surface area contributed by atoms with Crippen LogP contribution >= 0.6 is 0 Å². The SMILES string of the molecule is Cc1cc(O)ccc1C[C@H](N)C(=O)N(C)C(C)C(=O)C(C)C. The van der Waals surface area contributed by atoms with Crippen LogP contribution in [0.3, 0.4) is 0 Å². The van der Waals surface area contributed by atoms with Gasteiger partial charge >= 0.3 is 0 Å². The number of phenolic OH excluding ortho intramolecular Hbond substituents is 1. The predicted molar refractivity (Wildman–Crippen MR) is 86.6 cm³/mol. The lowest BCUT2D eigenvalue weighted by atomic mass is 9.98. The van der Waals surface area contributed by atoms with Gasteiger partial charge in [0.1, 0.15) is 5.75 Å². The third-order valence-electron chi connectivity index (χ3n) is 3.99. The monoisotopic (exact) mass is 306 g/mol. The summed E-state index contributed by atoms with van der Waals surface area (Å²) in [5.74, 6) is -0.173. The van der Waals surface area contributed by atoms with Gasteiger partial charge in [0.15, 0.2) is 5.78 Å². The molecule has 0 saturated carbocycles. The first-order valence-corrected chi connectivity index (χ1v) is 7.49. The van der Waals surface area contributed by atoms with Crippen LogP contribution in [0, 0.1) is 12.8 Å². The molecule has 0 spiro atoms. The van der Waals surface area contributed by atoms with Crippen LogP contribution < -0.4 is 5.73 Å². The van der Waals surface area contributed by atoms with Crippen LogP contribution in [-0.4, -0.2) is 40.8 Å². The zero-order valence-corrected chi connectivity index (χ0v) is 14.0. The average Bonchev–Trinajstić information content (AvgIpc) is 2.46. The highest BCUT2D eigenvalue weighted by atomic mass is 16.3. The van der Waals surface area contributed by atoms with E-state index >= 15 is 0 Å². The highest BCUT2D eigenvalue weighted by molar-refractivity contribution is 5.91. The highest BCUT2D eigenvalue weighted by Gasteiger charge is 2.27. The van der Waals surface area contributed by atoms with Crippen LogP contribution in [-0.2, 0) is 16.0 Å². The van der Waals surface area contributed by atoms with Gasteiger partial charge in [-0.1, -0.05) is 19.9 Å². The summed E-state index contributed by atoms with van der Waals surface area (Å²) >= 11 is 0. The Labute approximate surface area is 132 Å². The van der Waals surface area contributed by atoms with E-state index in [1.54, 1.807) is 32.2 Å². The Kier molecular flexibility index (Phi) is 6.11. The van der Waals surface area contributed by atoms with Gasteiger partial charge in [0, 0.05) is 13.0 Å². The van der Waals surface area contributed by atoms with E-state index in [4.69, 9.17) is 5.73 Å². The van der Waals surface area contributed by atoms with Crippen molar-refractivity contribution in [2.75, 3.05) is 7.05 Å². The molecule has 0 heterocycles. The zero-order chi connectivity index (χ0) is 17.0. The summed E-state index contributed by atoms with van der Waals surface area (Å²) in [6.45, 7) is 7.22. The van der Waals surface area contributed by atoms with Crippen molar-refractivity contribution in [3.05, 3.63) is 29.3 Å². The molecular weight excluding hydrogens is 280 g/mol. The molecule has 0 aliphatic rings. The van der Waals surface area contributed by atoms with Crippen LogP contribution in [0.1, 0.15) is 31.9 Å². The smallest absolute Gasteiger partial charge is 0.240 e. The predicted octanol–water partition coefficient (Wildman–Crippen LogP) is 1.64. The van der Waals surface area contributed by atoms with Crippen LogP contribution in [0.2, 0.25) is 0 Å². The van der Waals surface area contributed by atoms with Gasteiger partial charge in [0.2, 0.25) is 5.91 Å². The van der Waals surface area contributed by atoms with E-state index in [1.807, 2.05) is 20.8 Å². The van der Waals surface area contributed by atoms with Crippen molar-refractivity contribution in [2.24, 2.45) is 11.7 Å². The number of phenols is 1. The van der Waals surface area contributed by atoms with E-state index in [0.29, 0.717) is 6.42 Å². The second-order valence-electron chi connectivity index (χ2n) is 6.10. The number of ketones is 1. The molecule has 0 aromatic heterocycles. The maximum atomic E-state index is 12.4. The molecule has 5 heteroatoms. The summed E-state index contributed by atoms with van der Waals surface area (Å²) < 4.78 is 0. The number of rotatable bonds is 6. The average molecular weight is 306 g/mol. The third kappa shape index (κ3) is 4.31. The third-order valence-corrected chi connectivity index (χ3v) is 3.99. The molecule has 1 aromatic rings. The standard InChI is InChI=1S/C17H26N2O3/c1-10(2)16(21)12(4)19(5)17(22)15(18)9-13-6-7-14(20)8-11(13)3/h6-8,10,12,15,20H,9,18H2,1-5H3/t12?,15-/m0/s1. The van der Waals surface area contributed by atoms with Gasteiger partial charge in [0.05, 0.1) is 12.1 Å². The molecular formula is C17H26N2O3. The molecule has 1 aromatic carbocycles. The zero-order valence-electron chi connectivity index (χ0n) is 14.0. The summed E-state index contributed by atoms with van der Waals surface area (Å²) in [7, 11) is 1.61. The van der Waals surface area contributed by atoms with Crippen LogP contribution in [0.25, 0.3) is 0 Å². The molecule has 0 aliphatic heterocycles. The van der Waals surface area contributed by atoms with Crippen molar-refractivity contribution in [1.29, 1.82) is 0 Å². The lowest BCUT2D eigenvalue weighted by Crippen LogP contribution is -2.49. The van der Waals surface area contributed by atoms with E-state index in [-0.39, 0.29) is 23.4 Å². The van der Waals surface area contributed by atoms with Gasteiger partial charge in [0.25, 0.3) is 0 Å². The number of benzene rings is 1. The fourth-order valence-corrected chi connectivity index (χ4v) is 2.36. The molecule has 1 amide bonds. The van der Waals surface area contributed by atoms with Gasteiger partial charge in [-0.05, 0) is 43.5 Å². The van der Waals surface area contributed by atoms with Crippen molar-refractivity contribution >= 4 is 11.7 Å². The normalized spacial score (nSPS) is 13.8. The lowest BCUT2D eigenvalue weighted by molar-refractivity contribution is -0.139. The molecule has 0 fully saturated rings. The van der Waals surface area contributed by atoms with Crippen molar-refractivity contribution in [3.63, 3.8) is 0 Å². The maximum Gasteiger partial charge on any atom is 0.240 e. The van der Waals surface area contributed by atoms with Crippen molar-refractivity contribution < 1.29 is 14.7 Å². The van der Waals surface area contributed by atoms with Gasteiger partial charge in [-0.2, -0.15) is 0 Å². The summed E-state index contributed by atoms with van der Waals surface area (Å²) in [6.07, 6.45) is 0.373. The minimum absolute atomic E-state index is 0.0175. The molecule has 0 aliphatic carbocycles. The Bertz CT molecular complexity index is 555. The van der Waals surface area contributed by atoms with E-state index in [9.17, 15) is 14.7 Å². The number of hydrogen-bond donors (Lipinski definition) is 2. The summed E-state index contributed by atoms with van der Waals surface area (Å²) in [5, 5.41) is 9.41. The first kappa shape index (κ1) is 18.2. The topological polar surface area (TPSA) is 83.6 Å². The number of aryl methyl sites for hydroxylation is 1. The van der Waals surface area contributed by atoms with E-state index < -0.39 is 12.1 Å². The maximum absolute atomic E-state index is 12.4. The van der Waals surface area contributed by atoms with Gasteiger partial charge in [-0.3, -0.25) is 9.59 Å². The molecule has 2 atom stereocenters. The summed E-state index contributed by atoms with van der Waals surface area (Å²) in [5.41, 5.74) is 7.80. The number of Topliss-reactive ketones (excluding diaryl/α,β-unsaturated/α-hetero) is 1. The Morgan fingerprint density at radius 1 is 1.27 bits per heavy atom. The van der Waals surface area contributed by atoms with Crippen LogP contribution in [0.5, 0.6) is 5.75 Å². The van der Waals surface area contributed by atoms with Gasteiger partial charge in [-0.25, -0.2) is 0 Å². The Hall–Kier alpha value is -1.88. The fraction of sp³-hybridized carbons (Fsp3) is 0.529. The molecule has 3 N–H and O–H groups in total. The molecule has 0 radical (unpaired) electrons. The number of amides is 1. The van der Waals surface area contributed by atoms with Gasteiger partial charge < -0.3 is 15.7 Å². The Morgan fingerprint density at radius 2 is 1.86 bits per heavy atom. The molecule has 22 heavy (non-hydrogen) atoms. The second kappa shape index (κ2) is 7.40. The van der Waals surface area contributed by atoms with Crippen LogP contribution in [0.15, 0.2) is 18.2 Å². The molecule has 5 nitrogen and oxygen atoms in total. The number of carbonyl (C=O) groups excluding carboxylic acids is 2. The Balaban J connectivity index is 2.78. The van der Waals surface area contributed by atoms with E-state index in [2.05, 4.69) is 0 Å². The van der Waals surface area contributed by atoms with Gasteiger partial charge in [-0.15, -0.1) is 0 Å². The number of nitrogens with two attached hydrogens (primary N) is 1. The second-order valence-corrected chi connectivity index (χ2v) is 6.10. The number of aromatic hydroxyl groups is 1. The molecule has 1 rings (SSSR count). The fourth-order valence-electron chi connectivity index (χ4n) is 2.36. The first-order chi connectivity index (χ1) is 10.1. The summed E-state index contributed by atoms with van der Waals surface area (Å²) in [6, 6.07) is 3.78. The number of carbonyl (C=O) groups is 2. The summed E-state index contributed by atoms with van der Waals surface area (Å²) in [4.78, 5) is 25.8. The largest absolute Gasteiger partial charge is 0.508 e. The molecule has 0 saturated heterocycles. The lowest BCUT2D eigenvalue weighted by Gasteiger charge is -2.28. The number of hydrogen-bond acceptors (Lipinski definition) is 4. The molecule has 1 unspecified atom stereocenters. The minimum Gasteiger partial charge on any atom is -0.508 e. The van der Waals surface area contributed by atoms with Crippen molar-refractivity contribution in [1.82, 2.24) is 4.90 Å². The highest BCUT2D eigenvalue weighted by Crippen LogP contribution is 2.17.